The van der Waals surface area contributed by atoms with Gasteiger partial charge in [-0.25, -0.2) is 4.39 Å². The molecule has 2 atom stereocenters. The van der Waals surface area contributed by atoms with Gasteiger partial charge in [-0.1, -0.05) is 17.7 Å². The Morgan fingerprint density at radius 3 is 3.06 bits per heavy atom. The van der Waals surface area contributed by atoms with Gasteiger partial charge in [0.1, 0.15) is 5.82 Å². The molecule has 17 heavy (non-hydrogen) atoms. The lowest BCUT2D eigenvalue weighted by molar-refractivity contribution is 0.0342. The third kappa shape index (κ3) is 3.18. The number of hydrogen-bond acceptors (Lipinski definition) is 2. The van der Waals surface area contributed by atoms with Gasteiger partial charge in [-0.15, -0.1) is 0 Å². The minimum atomic E-state index is -0.288. The first-order valence-corrected chi connectivity index (χ1v) is 6.27. The van der Waals surface area contributed by atoms with Crippen LogP contribution >= 0.6 is 11.6 Å². The third-order valence-corrected chi connectivity index (χ3v) is 3.69. The van der Waals surface area contributed by atoms with E-state index < -0.39 is 0 Å². The highest BCUT2D eigenvalue weighted by Crippen LogP contribution is 2.24. The maximum absolute atomic E-state index is 12.9. The highest BCUT2D eigenvalue weighted by molar-refractivity contribution is 6.31. The van der Waals surface area contributed by atoms with Gasteiger partial charge in [0.25, 0.3) is 0 Å². The summed E-state index contributed by atoms with van der Waals surface area (Å²) in [7, 11) is 1.97. The molecular weight excluding hydrogens is 241 g/mol. The predicted octanol–water partition coefficient (Wildman–Crippen LogP) is 2.65. The van der Waals surface area contributed by atoms with Crippen molar-refractivity contribution in [3.63, 3.8) is 0 Å². The van der Waals surface area contributed by atoms with E-state index in [1.165, 1.54) is 12.1 Å². The average molecular weight is 258 g/mol. The van der Waals surface area contributed by atoms with Crippen molar-refractivity contribution in [2.45, 2.75) is 18.9 Å². The van der Waals surface area contributed by atoms with Gasteiger partial charge >= 0.3 is 0 Å². The van der Waals surface area contributed by atoms with E-state index in [0.29, 0.717) is 17.0 Å². The van der Waals surface area contributed by atoms with Crippen LogP contribution in [-0.2, 0) is 11.2 Å². The Balaban J connectivity index is 2.08. The molecule has 1 aliphatic heterocycles. The Labute approximate surface area is 106 Å². The number of nitrogens with one attached hydrogen (secondary N) is 1. The number of ether oxygens (including phenoxy) is 1. The molecule has 0 aromatic heterocycles. The molecule has 1 N–H and O–H groups in total. The summed E-state index contributed by atoms with van der Waals surface area (Å²) in [6, 6.07) is 5.04. The second kappa shape index (κ2) is 5.80. The Bertz CT molecular complexity index is 386. The summed E-state index contributed by atoms with van der Waals surface area (Å²) in [5.41, 5.74) is 0.990. The van der Waals surface area contributed by atoms with Gasteiger partial charge in [0.15, 0.2) is 0 Å². The van der Waals surface area contributed by atoms with E-state index in [1.807, 2.05) is 7.05 Å². The second-order valence-electron chi connectivity index (χ2n) is 4.46. The van der Waals surface area contributed by atoms with Crippen LogP contribution in [-0.4, -0.2) is 26.3 Å². The van der Waals surface area contributed by atoms with Crippen LogP contribution in [0.15, 0.2) is 18.2 Å². The quantitative estimate of drug-likeness (QED) is 0.899. The fraction of sp³-hybridized carbons (Fsp3) is 0.538. The minimum Gasteiger partial charge on any atom is -0.381 e. The molecule has 1 aromatic carbocycles. The molecule has 0 amide bonds. The number of halogens is 2. The summed E-state index contributed by atoms with van der Waals surface area (Å²) in [6.45, 7) is 1.54. The number of rotatable bonds is 3. The van der Waals surface area contributed by atoms with Crippen molar-refractivity contribution in [2.75, 3.05) is 20.3 Å². The standard InChI is InChI=1S/C13H17ClFNO/c1-16-13-4-5-17-8-10(13)6-9-2-3-11(15)7-12(9)14/h2-3,7,10,13,16H,4-6,8H2,1H3. The first-order chi connectivity index (χ1) is 8.20. The molecule has 94 valence electrons. The summed E-state index contributed by atoms with van der Waals surface area (Å²) in [6.07, 6.45) is 1.84. The van der Waals surface area contributed by atoms with Gasteiger partial charge in [-0.2, -0.15) is 0 Å². The maximum Gasteiger partial charge on any atom is 0.124 e. The van der Waals surface area contributed by atoms with Gasteiger partial charge in [-0.05, 0) is 37.6 Å². The van der Waals surface area contributed by atoms with E-state index in [4.69, 9.17) is 16.3 Å². The van der Waals surface area contributed by atoms with Crippen LogP contribution in [0, 0.1) is 11.7 Å². The van der Waals surface area contributed by atoms with Gasteiger partial charge in [-0.3, -0.25) is 0 Å². The van der Waals surface area contributed by atoms with Crippen LogP contribution in [0.3, 0.4) is 0 Å². The number of benzene rings is 1. The molecule has 1 aromatic rings. The summed E-state index contributed by atoms with van der Waals surface area (Å²) < 4.78 is 18.4. The zero-order valence-corrected chi connectivity index (χ0v) is 10.6. The molecular formula is C13H17ClFNO. The molecule has 0 spiro atoms. The topological polar surface area (TPSA) is 21.3 Å². The van der Waals surface area contributed by atoms with E-state index in [0.717, 1.165) is 31.6 Å². The zero-order valence-electron chi connectivity index (χ0n) is 9.88. The van der Waals surface area contributed by atoms with Crippen molar-refractivity contribution in [3.05, 3.63) is 34.6 Å². The van der Waals surface area contributed by atoms with Gasteiger partial charge in [0.2, 0.25) is 0 Å². The second-order valence-corrected chi connectivity index (χ2v) is 4.87. The fourth-order valence-corrected chi connectivity index (χ4v) is 2.59. The highest BCUT2D eigenvalue weighted by atomic mass is 35.5. The zero-order chi connectivity index (χ0) is 12.3. The first kappa shape index (κ1) is 12.8. The molecule has 1 heterocycles. The van der Waals surface area contributed by atoms with E-state index in [2.05, 4.69) is 5.32 Å². The Kier molecular flexibility index (Phi) is 4.37. The van der Waals surface area contributed by atoms with Crippen molar-refractivity contribution in [1.29, 1.82) is 0 Å². The molecule has 1 aliphatic rings. The van der Waals surface area contributed by atoms with Crippen molar-refractivity contribution in [1.82, 2.24) is 5.32 Å². The van der Waals surface area contributed by atoms with Crippen LogP contribution in [0.5, 0.6) is 0 Å². The van der Waals surface area contributed by atoms with E-state index in [1.54, 1.807) is 6.07 Å². The molecule has 0 aliphatic carbocycles. The van der Waals surface area contributed by atoms with Crippen molar-refractivity contribution in [3.8, 4) is 0 Å². The monoisotopic (exact) mass is 257 g/mol. The van der Waals surface area contributed by atoms with Crippen LogP contribution in [0.25, 0.3) is 0 Å². The SMILES string of the molecule is CNC1CCOCC1Cc1ccc(F)cc1Cl. The molecule has 0 bridgehead atoms. The highest BCUT2D eigenvalue weighted by Gasteiger charge is 2.25. The Morgan fingerprint density at radius 2 is 2.35 bits per heavy atom. The maximum atomic E-state index is 12.9. The Hall–Kier alpha value is -0.640. The summed E-state index contributed by atoms with van der Waals surface area (Å²) in [5.74, 6) is 0.112. The van der Waals surface area contributed by atoms with Crippen LogP contribution in [0.2, 0.25) is 5.02 Å². The normalized spacial score (nSPS) is 24.9. The van der Waals surface area contributed by atoms with E-state index in [9.17, 15) is 4.39 Å². The predicted molar refractivity (Wildman–Crippen MR) is 66.9 cm³/mol. The van der Waals surface area contributed by atoms with E-state index in [-0.39, 0.29) is 5.82 Å². The van der Waals surface area contributed by atoms with E-state index >= 15 is 0 Å². The van der Waals surface area contributed by atoms with Crippen LogP contribution in [0.1, 0.15) is 12.0 Å². The third-order valence-electron chi connectivity index (χ3n) is 3.34. The molecule has 0 radical (unpaired) electrons. The summed E-state index contributed by atoms with van der Waals surface area (Å²) in [4.78, 5) is 0. The largest absolute Gasteiger partial charge is 0.381 e. The fourth-order valence-electron chi connectivity index (χ4n) is 2.35. The molecule has 2 nitrogen and oxygen atoms in total. The molecule has 2 unspecified atom stereocenters. The Morgan fingerprint density at radius 1 is 1.53 bits per heavy atom. The van der Waals surface area contributed by atoms with Crippen LogP contribution in [0.4, 0.5) is 4.39 Å². The lowest BCUT2D eigenvalue weighted by Crippen LogP contribution is -2.41. The minimum absolute atomic E-state index is 0.288. The van der Waals surface area contributed by atoms with Crippen LogP contribution < -0.4 is 5.32 Å². The molecule has 4 heteroatoms. The smallest absolute Gasteiger partial charge is 0.124 e. The van der Waals surface area contributed by atoms with Gasteiger partial charge in [0, 0.05) is 23.6 Å². The van der Waals surface area contributed by atoms with Crippen molar-refractivity contribution < 1.29 is 9.13 Å². The molecule has 0 saturated carbocycles. The number of hydrogen-bond donors (Lipinski definition) is 1. The first-order valence-electron chi connectivity index (χ1n) is 5.89. The molecule has 1 fully saturated rings. The van der Waals surface area contributed by atoms with Gasteiger partial charge < -0.3 is 10.1 Å². The average Bonchev–Trinajstić information content (AvgIpc) is 2.33. The lowest BCUT2D eigenvalue weighted by atomic mass is 9.89. The summed E-state index contributed by atoms with van der Waals surface area (Å²) in [5, 5.41) is 3.81. The summed E-state index contributed by atoms with van der Waals surface area (Å²) >= 11 is 6.04. The molecule has 1 saturated heterocycles. The van der Waals surface area contributed by atoms with Crippen molar-refractivity contribution in [2.24, 2.45) is 5.92 Å². The van der Waals surface area contributed by atoms with Gasteiger partial charge in [0.05, 0.1) is 6.61 Å². The molecule has 2 rings (SSSR count). The van der Waals surface area contributed by atoms with Crippen molar-refractivity contribution >= 4 is 11.6 Å². The lowest BCUT2D eigenvalue weighted by Gasteiger charge is -2.31.